The standard InChI is InChI=1S/C6H12FNO2/c1-10-5-3-8-2-4(7)6(5)9/h4-6,8-9H,2-3H2,1H3. The number of methoxy groups -OCH3 is 1. The molecule has 0 aromatic heterocycles. The molecule has 3 nitrogen and oxygen atoms in total. The van der Waals surface area contributed by atoms with Crippen LogP contribution in [0.25, 0.3) is 0 Å². The maximum atomic E-state index is 12.6. The minimum Gasteiger partial charge on any atom is -0.387 e. The third-order valence-electron chi connectivity index (χ3n) is 1.74. The number of piperidine rings is 1. The SMILES string of the molecule is COC1CNCC(F)C1O. The molecule has 2 N–H and O–H groups in total. The zero-order chi connectivity index (χ0) is 7.56. The summed E-state index contributed by atoms with van der Waals surface area (Å²) in [4.78, 5) is 0. The molecule has 0 aliphatic carbocycles. The van der Waals surface area contributed by atoms with Crippen LogP contribution in [0.3, 0.4) is 0 Å². The lowest BCUT2D eigenvalue weighted by molar-refractivity contribution is -0.0653. The first-order valence-electron chi connectivity index (χ1n) is 3.31. The van der Waals surface area contributed by atoms with Crippen LogP contribution in [0.15, 0.2) is 0 Å². The van der Waals surface area contributed by atoms with E-state index in [-0.39, 0.29) is 6.54 Å². The van der Waals surface area contributed by atoms with Gasteiger partial charge in [-0.1, -0.05) is 0 Å². The van der Waals surface area contributed by atoms with Gasteiger partial charge in [0.2, 0.25) is 0 Å². The van der Waals surface area contributed by atoms with Gasteiger partial charge < -0.3 is 15.2 Å². The van der Waals surface area contributed by atoms with E-state index in [1.165, 1.54) is 7.11 Å². The van der Waals surface area contributed by atoms with Gasteiger partial charge in [-0.2, -0.15) is 0 Å². The minimum atomic E-state index is -1.20. The van der Waals surface area contributed by atoms with Crippen LogP contribution in [0.1, 0.15) is 0 Å². The van der Waals surface area contributed by atoms with E-state index in [0.29, 0.717) is 6.54 Å². The molecule has 0 saturated carbocycles. The second-order valence-corrected chi connectivity index (χ2v) is 2.44. The first-order chi connectivity index (χ1) is 4.75. The van der Waals surface area contributed by atoms with Crippen LogP contribution >= 0.6 is 0 Å². The number of rotatable bonds is 1. The second-order valence-electron chi connectivity index (χ2n) is 2.44. The highest BCUT2D eigenvalue weighted by Crippen LogP contribution is 2.09. The molecule has 1 aliphatic heterocycles. The van der Waals surface area contributed by atoms with Crippen molar-refractivity contribution in [3.8, 4) is 0 Å². The van der Waals surface area contributed by atoms with Crippen molar-refractivity contribution in [3.05, 3.63) is 0 Å². The highest BCUT2D eigenvalue weighted by atomic mass is 19.1. The summed E-state index contributed by atoms with van der Waals surface area (Å²) in [6, 6.07) is 0. The van der Waals surface area contributed by atoms with Crippen LogP contribution in [0.5, 0.6) is 0 Å². The average molecular weight is 149 g/mol. The summed E-state index contributed by atoms with van der Waals surface area (Å²) in [7, 11) is 1.47. The molecule has 0 aromatic rings. The maximum Gasteiger partial charge on any atom is 0.141 e. The van der Waals surface area contributed by atoms with E-state index >= 15 is 0 Å². The summed E-state index contributed by atoms with van der Waals surface area (Å²) >= 11 is 0. The summed E-state index contributed by atoms with van der Waals surface area (Å²) in [5.41, 5.74) is 0. The molecule has 4 heteroatoms. The summed E-state index contributed by atoms with van der Waals surface area (Å²) in [6.45, 7) is 0.749. The van der Waals surface area contributed by atoms with Gasteiger partial charge in [0, 0.05) is 20.2 Å². The Labute approximate surface area is 59.2 Å². The molecule has 0 radical (unpaired) electrons. The van der Waals surface area contributed by atoms with Gasteiger partial charge in [0.15, 0.2) is 0 Å². The number of hydrogen-bond donors (Lipinski definition) is 2. The van der Waals surface area contributed by atoms with E-state index in [9.17, 15) is 4.39 Å². The van der Waals surface area contributed by atoms with E-state index in [4.69, 9.17) is 9.84 Å². The molecule has 1 heterocycles. The van der Waals surface area contributed by atoms with Crippen molar-refractivity contribution in [2.45, 2.75) is 18.4 Å². The Morgan fingerprint density at radius 3 is 2.80 bits per heavy atom. The average Bonchev–Trinajstić information content (AvgIpc) is 1.95. The molecular weight excluding hydrogens is 137 g/mol. The van der Waals surface area contributed by atoms with Gasteiger partial charge in [0.05, 0.1) is 6.10 Å². The summed E-state index contributed by atoms with van der Waals surface area (Å²) in [6.07, 6.45) is -2.56. The number of hydrogen-bond acceptors (Lipinski definition) is 3. The van der Waals surface area contributed by atoms with Crippen LogP contribution in [0, 0.1) is 0 Å². The third kappa shape index (κ3) is 1.45. The Kier molecular flexibility index (Phi) is 2.59. The smallest absolute Gasteiger partial charge is 0.141 e. The summed E-state index contributed by atoms with van der Waals surface area (Å²) in [5.74, 6) is 0. The van der Waals surface area contributed by atoms with Crippen molar-refractivity contribution < 1.29 is 14.2 Å². The third-order valence-corrected chi connectivity index (χ3v) is 1.74. The minimum absolute atomic E-state index is 0.223. The molecule has 10 heavy (non-hydrogen) atoms. The van der Waals surface area contributed by atoms with Gasteiger partial charge >= 0.3 is 0 Å². The molecule has 1 aliphatic rings. The number of ether oxygens (including phenoxy) is 1. The number of aliphatic hydroxyl groups is 1. The fourth-order valence-electron chi connectivity index (χ4n) is 1.06. The van der Waals surface area contributed by atoms with Gasteiger partial charge in [0.1, 0.15) is 12.3 Å². The van der Waals surface area contributed by atoms with Crippen molar-refractivity contribution in [2.24, 2.45) is 0 Å². The van der Waals surface area contributed by atoms with Crippen LogP contribution in [-0.2, 0) is 4.74 Å². The van der Waals surface area contributed by atoms with E-state index < -0.39 is 18.4 Å². The lowest BCUT2D eigenvalue weighted by atomic mass is 10.1. The lowest BCUT2D eigenvalue weighted by Gasteiger charge is -2.29. The number of aliphatic hydroxyl groups excluding tert-OH is 1. The Bertz CT molecular complexity index is 112. The van der Waals surface area contributed by atoms with Gasteiger partial charge in [-0.25, -0.2) is 4.39 Å². The molecule has 1 saturated heterocycles. The molecule has 60 valence electrons. The maximum absolute atomic E-state index is 12.6. The zero-order valence-electron chi connectivity index (χ0n) is 5.88. The summed E-state index contributed by atoms with van der Waals surface area (Å²) < 4.78 is 17.4. The van der Waals surface area contributed by atoms with Gasteiger partial charge in [-0.15, -0.1) is 0 Å². The Hall–Kier alpha value is -0.190. The Morgan fingerprint density at radius 1 is 1.60 bits per heavy atom. The Morgan fingerprint density at radius 2 is 2.30 bits per heavy atom. The first kappa shape index (κ1) is 7.91. The first-order valence-corrected chi connectivity index (χ1v) is 3.31. The van der Waals surface area contributed by atoms with Crippen molar-refractivity contribution in [1.82, 2.24) is 5.32 Å². The molecule has 3 unspecified atom stereocenters. The van der Waals surface area contributed by atoms with Gasteiger partial charge in [-0.05, 0) is 0 Å². The number of halogens is 1. The highest BCUT2D eigenvalue weighted by Gasteiger charge is 2.31. The second kappa shape index (κ2) is 3.27. The van der Waals surface area contributed by atoms with E-state index in [2.05, 4.69) is 5.32 Å². The topological polar surface area (TPSA) is 41.5 Å². The largest absolute Gasteiger partial charge is 0.387 e. The van der Waals surface area contributed by atoms with Gasteiger partial charge in [0.25, 0.3) is 0 Å². The number of alkyl halides is 1. The molecule has 0 aromatic carbocycles. The van der Waals surface area contributed by atoms with Crippen LogP contribution < -0.4 is 5.32 Å². The van der Waals surface area contributed by atoms with E-state index in [1.54, 1.807) is 0 Å². The molecular formula is C6H12FNO2. The Balaban J connectivity index is 2.42. The van der Waals surface area contributed by atoms with Crippen molar-refractivity contribution in [1.29, 1.82) is 0 Å². The molecule has 1 fully saturated rings. The summed E-state index contributed by atoms with van der Waals surface area (Å²) in [5, 5.41) is 11.9. The fourth-order valence-corrected chi connectivity index (χ4v) is 1.06. The monoisotopic (exact) mass is 149 g/mol. The van der Waals surface area contributed by atoms with Gasteiger partial charge in [-0.3, -0.25) is 0 Å². The molecule has 0 spiro atoms. The fraction of sp³-hybridized carbons (Fsp3) is 1.00. The van der Waals surface area contributed by atoms with Crippen LogP contribution in [-0.4, -0.2) is 43.7 Å². The normalized spacial score (nSPS) is 41.7. The van der Waals surface area contributed by atoms with Crippen LogP contribution in [0.4, 0.5) is 4.39 Å². The molecule has 3 atom stereocenters. The highest BCUT2D eigenvalue weighted by molar-refractivity contribution is 4.84. The van der Waals surface area contributed by atoms with Crippen molar-refractivity contribution in [2.75, 3.05) is 20.2 Å². The van der Waals surface area contributed by atoms with E-state index in [0.717, 1.165) is 0 Å². The predicted octanol–water partition coefficient (Wildman–Crippen LogP) is -0.696. The predicted molar refractivity (Wildman–Crippen MR) is 34.6 cm³/mol. The molecule has 1 rings (SSSR count). The van der Waals surface area contributed by atoms with Crippen molar-refractivity contribution in [3.63, 3.8) is 0 Å². The molecule has 0 amide bonds. The molecule has 0 bridgehead atoms. The zero-order valence-corrected chi connectivity index (χ0v) is 5.88. The van der Waals surface area contributed by atoms with E-state index in [1.807, 2.05) is 0 Å². The van der Waals surface area contributed by atoms with Crippen molar-refractivity contribution >= 4 is 0 Å². The lowest BCUT2D eigenvalue weighted by Crippen LogP contribution is -2.52. The number of nitrogens with one attached hydrogen (secondary N) is 1. The quantitative estimate of drug-likeness (QED) is 0.518. The van der Waals surface area contributed by atoms with Crippen LogP contribution in [0.2, 0.25) is 0 Å².